The molecule has 0 amide bonds. The summed E-state index contributed by atoms with van der Waals surface area (Å²) in [6, 6.07) is 7.14. The fourth-order valence-corrected chi connectivity index (χ4v) is 9.91. The quantitative estimate of drug-likeness (QED) is 0.166. The molecular weight excluding hydrogens is 672 g/mol. The molecule has 10 heteroatoms. The number of carbonyl (C=O) groups is 2. The van der Waals surface area contributed by atoms with E-state index in [1.807, 2.05) is 12.1 Å². The summed E-state index contributed by atoms with van der Waals surface area (Å²) in [7, 11) is -2.30. The summed E-state index contributed by atoms with van der Waals surface area (Å²) in [4.78, 5) is 27.3. The number of fused-ring (bicyclic) bond motifs is 1. The van der Waals surface area contributed by atoms with Crippen molar-refractivity contribution < 1.29 is 32.7 Å². The Morgan fingerprint density at radius 2 is 1.71 bits per heavy atom. The van der Waals surface area contributed by atoms with Gasteiger partial charge in [-0.15, -0.1) is 0 Å². The van der Waals surface area contributed by atoms with E-state index in [0.717, 1.165) is 12.0 Å². The number of cyclic esters (lactones) is 1. The van der Waals surface area contributed by atoms with Gasteiger partial charge < -0.3 is 23.1 Å². The number of para-hydroxylation sites is 1. The summed E-state index contributed by atoms with van der Waals surface area (Å²) in [6.45, 7) is 25.6. The van der Waals surface area contributed by atoms with Crippen molar-refractivity contribution in [1.29, 1.82) is 0 Å². The van der Waals surface area contributed by atoms with Gasteiger partial charge in [-0.05, 0) is 93.2 Å². The van der Waals surface area contributed by atoms with E-state index in [0.29, 0.717) is 30.0 Å². The van der Waals surface area contributed by atoms with Crippen molar-refractivity contribution in [2.24, 2.45) is 34.5 Å². The van der Waals surface area contributed by atoms with E-state index in [1.165, 1.54) is 0 Å². The molecule has 0 N–H and O–H groups in total. The van der Waals surface area contributed by atoms with Crippen LogP contribution in [-0.2, 0) is 27.9 Å². The lowest BCUT2D eigenvalue weighted by Crippen LogP contribution is -2.58. The molecule has 272 valence electrons. The number of benzene rings is 1. The molecule has 9 atom stereocenters. The van der Waals surface area contributed by atoms with E-state index in [-0.39, 0.29) is 46.6 Å². The minimum atomic E-state index is -1.21. The van der Waals surface area contributed by atoms with Crippen LogP contribution in [0.3, 0.4) is 0 Å². The second kappa shape index (κ2) is 15.8. The summed E-state index contributed by atoms with van der Waals surface area (Å²) in [5.74, 6) is -0.161. The molecule has 0 saturated carbocycles. The third-order valence-electron chi connectivity index (χ3n) is 10.5. The normalized spacial score (nSPS) is 31.2. The predicted octanol–water partition coefficient (Wildman–Crippen LogP) is 9.23. The van der Waals surface area contributed by atoms with Gasteiger partial charge in [0.1, 0.15) is 24.1 Å². The first kappa shape index (κ1) is 39.9. The standard InChI is InChI=1S/C39H59ClO7Si2/c1-24-17-18-26-21-27(37(3,4)5)22-32(45-35(41)25(2)43-31-16-14-13-15-30(31)40)33(26)39(24,47-49(11)12)20-19-28-23-29(38(6,7)8)34(36(42)44-28)46-48(9)10/h13-18,21,24-25,27-29,32-34H,19-20,22-23H2,1-12H3/t24-,25?,27+,28+,29-,32-,33+,34?,39-/m0/s1. The topological polar surface area (TPSA) is 80.3 Å². The zero-order valence-corrected chi connectivity index (χ0v) is 34.5. The lowest BCUT2D eigenvalue weighted by atomic mass is 9.59. The number of rotatable bonds is 11. The number of esters is 2. The Morgan fingerprint density at radius 3 is 2.31 bits per heavy atom. The predicted molar refractivity (Wildman–Crippen MR) is 199 cm³/mol. The highest BCUT2D eigenvalue weighted by Crippen LogP contribution is 2.53. The largest absolute Gasteiger partial charge is 0.477 e. The summed E-state index contributed by atoms with van der Waals surface area (Å²) in [6.07, 6.45) is 7.47. The Kier molecular flexibility index (Phi) is 12.8. The SMILES string of the molecule is CC(Oc1ccccc1Cl)C(=O)O[C@H]1C[C@H](C(C)(C)C)C=C2C=C[C@H](C)[C@](CC[C@@H]3C[C@H](C(C)(C)C)C(O[Si](C)C)C(=O)O3)(O[Si](C)C)[C@H]21. The summed E-state index contributed by atoms with van der Waals surface area (Å²) in [5, 5.41) is 0.442. The maximum absolute atomic E-state index is 13.8. The van der Waals surface area contributed by atoms with Crippen LogP contribution in [0.15, 0.2) is 48.1 Å². The van der Waals surface area contributed by atoms with Crippen molar-refractivity contribution in [3.8, 4) is 5.75 Å². The molecule has 2 unspecified atom stereocenters. The number of hydrogen-bond donors (Lipinski definition) is 0. The molecule has 4 rings (SSSR count). The molecule has 3 aliphatic rings. The van der Waals surface area contributed by atoms with E-state index < -0.39 is 48.0 Å². The Labute approximate surface area is 303 Å². The van der Waals surface area contributed by atoms with Gasteiger partial charge in [-0.3, -0.25) is 0 Å². The van der Waals surface area contributed by atoms with Gasteiger partial charge >= 0.3 is 11.9 Å². The van der Waals surface area contributed by atoms with Gasteiger partial charge in [0.05, 0.1) is 10.6 Å². The third-order valence-corrected chi connectivity index (χ3v) is 12.3. The first-order valence-electron chi connectivity index (χ1n) is 17.9. The molecule has 1 aromatic rings. The van der Waals surface area contributed by atoms with E-state index in [4.69, 9.17) is 34.7 Å². The summed E-state index contributed by atoms with van der Waals surface area (Å²) < 4.78 is 32.1. The highest BCUT2D eigenvalue weighted by molar-refractivity contribution is 6.49. The highest BCUT2D eigenvalue weighted by Gasteiger charge is 2.55. The van der Waals surface area contributed by atoms with Crippen LogP contribution in [0.25, 0.3) is 0 Å². The molecule has 2 aliphatic carbocycles. The fourth-order valence-electron chi connectivity index (χ4n) is 7.78. The van der Waals surface area contributed by atoms with Crippen molar-refractivity contribution in [3.63, 3.8) is 0 Å². The van der Waals surface area contributed by atoms with Crippen LogP contribution in [0.4, 0.5) is 0 Å². The number of carbonyl (C=O) groups excluding carboxylic acids is 2. The number of ether oxygens (including phenoxy) is 3. The van der Waals surface area contributed by atoms with E-state index in [9.17, 15) is 9.59 Å². The second-order valence-corrected chi connectivity index (χ2v) is 21.4. The molecule has 1 saturated heterocycles. The average molecular weight is 732 g/mol. The maximum Gasteiger partial charge on any atom is 0.347 e. The number of allylic oxidation sites excluding steroid dienone is 2. The Balaban J connectivity index is 1.68. The first-order chi connectivity index (χ1) is 22.7. The Bertz CT molecular complexity index is 1380. The molecular formula is C39H59ClO7Si2. The Hall–Kier alpha value is -1.92. The van der Waals surface area contributed by atoms with Crippen molar-refractivity contribution in [3.05, 3.63) is 53.1 Å². The molecule has 7 nitrogen and oxygen atoms in total. The van der Waals surface area contributed by atoms with Crippen molar-refractivity contribution in [2.75, 3.05) is 0 Å². The van der Waals surface area contributed by atoms with Crippen LogP contribution >= 0.6 is 11.6 Å². The molecule has 1 aliphatic heterocycles. The van der Waals surface area contributed by atoms with Gasteiger partial charge in [-0.25, -0.2) is 9.59 Å². The van der Waals surface area contributed by atoms with Crippen molar-refractivity contribution in [1.82, 2.24) is 0 Å². The van der Waals surface area contributed by atoms with Crippen LogP contribution in [0.1, 0.15) is 81.1 Å². The molecule has 0 bridgehead atoms. The molecule has 0 aromatic heterocycles. The van der Waals surface area contributed by atoms with Crippen molar-refractivity contribution in [2.45, 2.75) is 137 Å². The van der Waals surface area contributed by atoms with Gasteiger partial charge in [0, 0.05) is 17.8 Å². The minimum Gasteiger partial charge on any atom is -0.477 e. The lowest BCUT2D eigenvalue weighted by Gasteiger charge is -2.54. The number of hydrogen-bond acceptors (Lipinski definition) is 7. The smallest absolute Gasteiger partial charge is 0.347 e. The molecule has 1 heterocycles. The third kappa shape index (κ3) is 9.50. The first-order valence-corrected chi connectivity index (χ1v) is 23.1. The number of halogens is 1. The van der Waals surface area contributed by atoms with Crippen LogP contribution in [0, 0.1) is 34.5 Å². The van der Waals surface area contributed by atoms with E-state index in [2.05, 4.69) is 92.9 Å². The van der Waals surface area contributed by atoms with Crippen LogP contribution in [0.5, 0.6) is 5.75 Å². The Morgan fingerprint density at radius 1 is 1.04 bits per heavy atom. The van der Waals surface area contributed by atoms with Gasteiger partial charge in [0.15, 0.2) is 6.10 Å². The monoisotopic (exact) mass is 730 g/mol. The summed E-state index contributed by atoms with van der Waals surface area (Å²) >= 11 is 6.36. The van der Waals surface area contributed by atoms with E-state index >= 15 is 0 Å². The van der Waals surface area contributed by atoms with Gasteiger partial charge in [-0.1, -0.05) is 90.4 Å². The molecule has 0 spiro atoms. The lowest BCUT2D eigenvalue weighted by molar-refractivity contribution is -0.180. The van der Waals surface area contributed by atoms with Crippen LogP contribution in [-0.4, -0.2) is 60.0 Å². The van der Waals surface area contributed by atoms with Gasteiger partial charge in [0.25, 0.3) is 0 Å². The fraction of sp³-hybridized carbons (Fsp3) is 0.692. The molecule has 2 radical (unpaired) electrons. The zero-order valence-electron chi connectivity index (χ0n) is 31.7. The van der Waals surface area contributed by atoms with Crippen LogP contribution < -0.4 is 4.74 Å². The molecule has 1 fully saturated rings. The minimum absolute atomic E-state index is 0.0395. The van der Waals surface area contributed by atoms with Crippen molar-refractivity contribution >= 4 is 41.6 Å². The average Bonchev–Trinajstić information content (AvgIpc) is 2.98. The second-order valence-electron chi connectivity index (χ2n) is 16.9. The van der Waals surface area contributed by atoms with E-state index in [1.54, 1.807) is 19.1 Å². The zero-order chi connectivity index (χ0) is 36.5. The summed E-state index contributed by atoms with van der Waals surface area (Å²) in [5.41, 5.74) is 0.328. The van der Waals surface area contributed by atoms with Gasteiger partial charge in [-0.2, -0.15) is 0 Å². The molecule has 49 heavy (non-hydrogen) atoms. The molecule has 1 aromatic carbocycles. The maximum atomic E-state index is 13.8. The highest BCUT2D eigenvalue weighted by atomic mass is 35.5. The van der Waals surface area contributed by atoms with Gasteiger partial charge in [0.2, 0.25) is 18.1 Å². The van der Waals surface area contributed by atoms with Crippen LogP contribution in [0.2, 0.25) is 31.2 Å².